The normalized spacial score (nSPS) is 12.7. The molecule has 4 nitrogen and oxygen atoms in total. The molecule has 0 fully saturated rings. The average Bonchev–Trinajstić information content (AvgIpc) is 2.77. The first-order valence-corrected chi connectivity index (χ1v) is 6.25. The van der Waals surface area contributed by atoms with Crippen molar-refractivity contribution in [3.8, 4) is 5.69 Å². The predicted molar refractivity (Wildman–Crippen MR) is 69.3 cm³/mol. The van der Waals surface area contributed by atoms with Crippen LogP contribution in [0.4, 0.5) is 4.39 Å². The molecule has 0 aliphatic carbocycles. The highest BCUT2D eigenvalue weighted by molar-refractivity contribution is 14.1. The monoisotopic (exact) mass is 347 g/mol. The third-order valence-corrected chi connectivity index (χ3v) is 3.26. The van der Waals surface area contributed by atoms with Crippen LogP contribution >= 0.6 is 22.6 Å². The molecule has 1 N–H and O–H groups in total. The SMILES string of the molecule is CCC(O)c1cn(-c2ccc(F)cc2I)nn1. The molecule has 17 heavy (non-hydrogen) atoms. The first-order valence-electron chi connectivity index (χ1n) is 5.17. The number of benzene rings is 1. The summed E-state index contributed by atoms with van der Waals surface area (Å²) in [6.45, 7) is 1.87. The Bertz CT molecular complexity index is 529. The van der Waals surface area contributed by atoms with E-state index in [9.17, 15) is 9.50 Å². The number of hydrogen-bond acceptors (Lipinski definition) is 3. The highest BCUT2D eigenvalue weighted by Crippen LogP contribution is 2.19. The first-order chi connectivity index (χ1) is 8.11. The molecular weight excluding hydrogens is 336 g/mol. The summed E-state index contributed by atoms with van der Waals surface area (Å²) >= 11 is 2.03. The van der Waals surface area contributed by atoms with E-state index >= 15 is 0 Å². The van der Waals surface area contributed by atoms with Crippen molar-refractivity contribution < 1.29 is 9.50 Å². The standard InChI is InChI=1S/C11H11FIN3O/c1-2-11(17)9-6-16(15-14-9)10-4-3-7(12)5-8(10)13/h3-6,11,17H,2H2,1H3. The highest BCUT2D eigenvalue weighted by atomic mass is 127. The van der Waals surface area contributed by atoms with Gasteiger partial charge in [-0.1, -0.05) is 12.1 Å². The maximum Gasteiger partial charge on any atom is 0.124 e. The number of hydrogen-bond donors (Lipinski definition) is 1. The maximum atomic E-state index is 13.0. The molecule has 0 radical (unpaired) electrons. The molecule has 1 heterocycles. The van der Waals surface area contributed by atoms with Crippen molar-refractivity contribution in [3.05, 3.63) is 39.5 Å². The minimum absolute atomic E-state index is 0.285. The van der Waals surface area contributed by atoms with Crippen LogP contribution in [0.2, 0.25) is 0 Å². The largest absolute Gasteiger partial charge is 0.387 e. The highest BCUT2D eigenvalue weighted by Gasteiger charge is 2.12. The van der Waals surface area contributed by atoms with Crippen molar-refractivity contribution in [2.24, 2.45) is 0 Å². The third-order valence-electron chi connectivity index (χ3n) is 2.40. The predicted octanol–water partition coefficient (Wildman–Crippen LogP) is 2.45. The van der Waals surface area contributed by atoms with E-state index in [1.165, 1.54) is 16.8 Å². The molecule has 0 saturated carbocycles. The van der Waals surface area contributed by atoms with E-state index in [4.69, 9.17) is 0 Å². The summed E-state index contributed by atoms with van der Waals surface area (Å²) in [5.74, 6) is -0.285. The van der Waals surface area contributed by atoms with Crippen LogP contribution in [0.25, 0.3) is 5.69 Å². The van der Waals surface area contributed by atoms with E-state index in [1.54, 1.807) is 12.3 Å². The van der Waals surface area contributed by atoms with Gasteiger partial charge in [-0.3, -0.25) is 0 Å². The Balaban J connectivity index is 2.37. The van der Waals surface area contributed by atoms with Crippen LogP contribution in [-0.4, -0.2) is 20.1 Å². The van der Waals surface area contributed by atoms with Gasteiger partial charge in [-0.25, -0.2) is 9.07 Å². The maximum absolute atomic E-state index is 13.0. The van der Waals surface area contributed by atoms with Gasteiger partial charge in [0.25, 0.3) is 0 Å². The van der Waals surface area contributed by atoms with Gasteiger partial charge >= 0.3 is 0 Å². The van der Waals surface area contributed by atoms with Crippen molar-refractivity contribution in [3.63, 3.8) is 0 Å². The lowest BCUT2D eigenvalue weighted by Gasteiger charge is -2.03. The third kappa shape index (κ3) is 2.63. The minimum atomic E-state index is -0.609. The van der Waals surface area contributed by atoms with Gasteiger partial charge in [0.15, 0.2) is 0 Å². The van der Waals surface area contributed by atoms with Crippen LogP contribution in [-0.2, 0) is 0 Å². The topological polar surface area (TPSA) is 50.9 Å². The molecule has 90 valence electrons. The van der Waals surface area contributed by atoms with Crippen molar-refractivity contribution >= 4 is 22.6 Å². The van der Waals surface area contributed by atoms with Gasteiger partial charge in [0.2, 0.25) is 0 Å². The van der Waals surface area contributed by atoms with Crippen molar-refractivity contribution in [2.45, 2.75) is 19.4 Å². The second kappa shape index (κ2) is 5.09. The smallest absolute Gasteiger partial charge is 0.124 e. The number of aliphatic hydroxyl groups excluding tert-OH is 1. The molecule has 1 aromatic carbocycles. The summed E-state index contributed by atoms with van der Waals surface area (Å²) in [5, 5.41) is 17.4. The molecule has 2 rings (SSSR count). The molecule has 0 aliphatic heterocycles. The molecular formula is C11H11FIN3O. The Morgan fingerprint density at radius 2 is 2.29 bits per heavy atom. The quantitative estimate of drug-likeness (QED) is 0.868. The van der Waals surface area contributed by atoms with Crippen molar-refractivity contribution in [1.82, 2.24) is 15.0 Å². The van der Waals surface area contributed by atoms with Crippen molar-refractivity contribution in [1.29, 1.82) is 0 Å². The summed E-state index contributed by atoms with van der Waals surface area (Å²) in [6, 6.07) is 4.43. The van der Waals surface area contributed by atoms with E-state index in [2.05, 4.69) is 10.3 Å². The fraction of sp³-hybridized carbons (Fsp3) is 0.273. The molecule has 0 saturated heterocycles. The number of halogens is 2. The summed E-state index contributed by atoms with van der Waals surface area (Å²) in [5.41, 5.74) is 1.27. The molecule has 2 aromatic rings. The average molecular weight is 347 g/mol. The van der Waals surface area contributed by atoms with E-state index in [0.717, 1.165) is 9.26 Å². The van der Waals surface area contributed by atoms with Gasteiger partial charge in [-0.2, -0.15) is 0 Å². The summed E-state index contributed by atoms with van der Waals surface area (Å²) < 4.78 is 15.2. The Morgan fingerprint density at radius 1 is 1.53 bits per heavy atom. The van der Waals surface area contributed by atoms with Gasteiger partial charge in [0, 0.05) is 3.57 Å². The molecule has 0 amide bonds. The second-order valence-corrected chi connectivity index (χ2v) is 4.77. The fourth-order valence-corrected chi connectivity index (χ4v) is 2.15. The number of aromatic nitrogens is 3. The van der Waals surface area contributed by atoms with Crippen LogP contribution in [0.5, 0.6) is 0 Å². The van der Waals surface area contributed by atoms with Crippen LogP contribution in [0.3, 0.4) is 0 Å². The lowest BCUT2D eigenvalue weighted by atomic mass is 10.2. The Labute approximate surface area is 112 Å². The zero-order chi connectivity index (χ0) is 12.4. The molecule has 0 aliphatic rings. The fourth-order valence-electron chi connectivity index (χ4n) is 1.42. The van der Waals surface area contributed by atoms with Gasteiger partial charge < -0.3 is 5.11 Å². The zero-order valence-corrected chi connectivity index (χ0v) is 11.3. The molecule has 1 aromatic heterocycles. The zero-order valence-electron chi connectivity index (χ0n) is 9.14. The van der Waals surface area contributed by atoms with E-state index in [-0.39, 0.29) is 5.82 Å². The van der Waals surface area contributed by atoms with Crippen LogP contribution in [0.1, 0.15) is 25.1 Å². The minimum Gasteiger partial charge on any atom is -0.387 e. The summed E-state index contributed by atoms with van der Waals surface area (Å²) in [4.78, 5) is 0. The first kappa shape index (κ1) is 12.4. The number of nitrogens with zero attached hydrogens (tertiary/aromatic N) is 3. The van der Waals surface area contributed by atoms with Gasteiger partial charge in [0.05, 0.1) is 18.0 Å². The number of rotatable bonds is 3. The second-order valence-electron chi connectivity index (χ2n) is 3.61. The van der Waals surface area contributed by atoms with Gasteiger partial charge in [-0.15, -0.1) is 5.10 Å². The van der Waals surface area contributed by atoms with Crippen LogP contribution in [0.15, 0.2) is 24.4 Å². The Hall–Kier alpha value is -1.02. The van der Waals surface area contributed by atoms with Crippen LogP contribution in [0, 0.1) is 9.39 Å². The summed E-state index contributed by atoms with van der Waals surface area (Å²) in [7, 11) is 0. The number of aliphatic hydroxyl groups is 1. The van der Waals surface area contributed by atoms with Crippen LogP contribution < -0.4 is 0 Å². The lowest BCUT2D eigenvalue weighted by Crippen LogP contribution is -1.98. The van der Waals surface area contributed by atoms with Gasteiger partial charge in [-0.05, 0) is 47.2 Å². The molecule has 1 atom stereocenters. The van der Waals surface area contributed by atoms with E-state index in [1.807, 2.05) is 29.5 Å². The molecule has 0 bridgehead atoms. The van der Waals surface area contributed by atoms with E-state index < -0.39 is 6.10 Å². The van der Waals surface area contributed by atoms with E-state index in [0.29, 0.717) is 12.1 Å². The molecule has 6 heteroatoms. The van der Waals surface area contributed by atoms with Crippen molar-refractivity contribution in [2.75, 3.05) is 0 Å². The molecule has 1 unspecified atom stereocenters. The Kier molecular flexibility index (Phi) is 3.72. The summed E-state index contributed by atoms with van der Waals surface area (Å²) in [6.07, 6.45) is 1.63. The lowest BCUT2D eigenvalue weighted by molar-refractivity contribution is 0.169. The Morgan fingerprint density at radius 3 is 2.94 bits per heavy atom. The van der Waals surface area contributed by atoms with Gasteiger partial charge in [0.1, 0.15) is 11.5 Å². The molecule has 0 spiro atoms.